The van der Waals surface area contributed by atoms with Gasteiger partial charge in [0.05, 0.1) is 11.5 Å². The lowest BCUT2D eigenvalue weighted by atomic mass is 10.1. The Morgan fingerprint density at radius 1 is 1.22 bits per heavy atom. The lowest BCUT2D eigenvalue weighted by molar-refractivity contribution is -0.134. The molecule has 0 saturated carbocycles. The molecule has 2 amide bonds. The molecule has 1 aliphatic rings. The molecule has 2 rings (SSSR count). The topological polar surface area (TPSA) is 86.8 Å². The first kappa shape index (κ1) is 21.2. The van der Waals surface area contributed by atoms with Crippen LogP contribution in [0.1, 0.15) is 32.8 Å². The highest BCUT2D eigenvalue weighted by molar-refractivity contribution is 7.91. The van der Waals surface area contributed by atoms with E-state index in [2.05, 4.69) is 24.1 Å². The van der Waals surface area contributed by atoms with Gasteiger partial charge in [-0.25, -0.2) is 8.42 Å². The molecule has 1 heterocycles. The molecule has 1 fully saturated rings. The summed E-state index contributed by atoms with van der Waals surface area (Å²) in [6.45, 7) is 9.13. The SMILES string of the molecule is CCN(CC)c1ccc(NC(=O)CN(C(C)=O)C2CCS(=O)(=O)C2)c(C)c1. The molecule has 1 atom stereocenters. The summed E-state index contributed by atoms with van der Waals surface area (Å²) in [5.41, 5.74) is 2.72. The second kappa shape index (κ2) is 8.73. The van der Waals surface area contributed by atoms with E-state index < -0.39 is 15.9 Å². The van der Waals surface area contributed by atoms with Crippen molar-refractivity contribution >= 4 is 33.0 Å². The van der Waals surface area contributed by atoms with Crippen LogP contribution in [0.2, 0.25) is 0 Å². The average molecular weight is 396 g/mol. The normalized spacial score (nSPS) is 18.1. The van der Waals surface area contributed by atoms with Gasteiger partial charge in [0.25, 0.3) is 0 Å². The van der Waals surface area contributed by atoms with Crippen molar-refractivity contribution in [2.24, 2.45) is 0 Å². The van der Waals surface area contributed by atoms with E-state index in [1.807, 2.05) is 25.1 Å². The van der Waals surface area contributed by atoms with Crippen molar-refractivity contribution in [2.75, 3.05) is 41.4 Å². The number of nitrogens with zero attached hydrogens (tertiary/aromatic N) is 2. The predicted molar refractivity (Wildman–Crippen MR) is 108 cm³/mol. The number of hydrogen-bond acceptors (Lipinski definition) is 5. The number of aryl methyl sites for hydroxylation is 1. The summed E-state index contributed by atoms with van der Waals surface area (Å²) < 4.78 is 23.4. The van der Waals surface area contributed by atoms with Gasteiger partial charge in [0.1, 0.15) is 6.54 Å². The molecule has 8 heteroatoms. The lowest BCUT2D eigenvalue weighted by Crippen LogP contribution is -2.44. The van der Waals surface area contributed by atoms with Crippen molar-refractivity contribution in [3.63, 3.8) is 0 Å². The summed E-state index contributed by atoms with van der Waals surface area (Å²) in [5, 5.41) is 2.84. The first-order valence-electron chi connectivity index (χ1n) is 9.30. The Hall–Kier alpha value is -2.09. The first-order chi connectivity index (χ1) is 12.7. The average Bonchev–Trinajstić information content (AvgIpc) is 2.95. The first-order valence-corrected chi connectivity index (χ1v) is 11.1. The second-order valence-electron chi connectivity index (χ2n) is 6.92. The second-order valence-corrected chi connectivity index (χ2v) is 9.15. The monoisotopic (exact) mass is 395 g/mol. The number of rotatable bonds is 7. The number of sulfone groups is 1. The molecule has 7 nitrogen and oxygen atoms in total. The molecule has 0 aromatic heterocycles. The van der Waals surface area contributed by atoms with Gasteiger partial charge in [-0.05, 0) is 51.0 Å². The van der Waals surface area contributed by atoms with Crippen LogP contribution < -0.4 is 10.2 Å². The maximum Gasteiger partial charge on any atom is 0.244 e. The smallest absolute Gasteiger partial charge is 0.244 e. The fraction of sp³-hybridized carbons (Fsp3) is 0.579. The maximum atomic E-state index is 12.5. The summed E-state index contributed by atoms with van der Waals surface area (Å²) in [6.07, 6.45) is 0.382. The Kier molecular flexibility index (Phi) is 6.86. The van der Waals surface area contributed by atoms with E-state index in [1.165, 1.54) is 11.8 Å². The van der Waals surface area contributed by atoms with Crippen molar-refractivity contribution in [3.05, 3.63) is 23.8 Å². The molecule has 0 radical (unpaired) electrons. The van der Waals surface area contributed by atoms with Crippen LogP contribution >= 0.6 is 0 Å². The van der Waals surface area contributed by atoms with Crippen LogP contribution in [0.5, 0.6) is 0 Å². The van der Waals surface area contributed by atoms with Gasteiger partial charge in [0.15, 0.2) is 9.84 Å². The third-order valence-corrected chi connectivity index (χ3v) is 6.73. The number of carbonyl (C=O) groups is 2. The molecule has 1 aliphatic heterocycles. The van der Waals surface area contributed by atoms with Crippen molar-refractivity contribution in [3.8, 4) is 0 Å². The molecule has 1 aromatic carbocycles. The summed E-state index contributed by atoms with van der Waals surface area (Å²) in [7, 11) is -3.12. The number of benzene rings is 1. The van der Waals surface area contributed by atoms with Gasteiger partial charge < -0.3 is 15.1 Å². The number of amides is 2. The highest BCUT2D eigenvalue weighted by atomic mass is 32.2. The predicted octanol–water partition coefficient (Wildman–Crippen LogP) is 1.82. The zero-order valence-electron chi connectivity index (χ0n) is 16.5. The molecule has 1 unspecified atom stereocenters. The van der Waals surface area contributed by atoms with Gasteiger partial charge in [-0.1, -0.05) is 0 Å². The van der Waals surface area contributed by atoms with E-state index in [0.29, 0.717) is 12.1 Å². The van der Waals surface area contributed by atoms with E-state index in [1.54, 1.807) is 0 Å². The summed E-state index contributed by atoms with van der Waals surface area (Å²) >= 11 is 0. The van der Waals surface area contributed by atoms with Crippen molar-refractivity contribution < 1.29 is 18.0 Å². The number of anilines is 2. The van der Waals surface area contributed by atoms with Gasteiger partial charge >= 0.3 is 0 Å². The van der Waals surface area contributed by atoms with Crippen molar-refractivity contribution in [2.45, 2.75) is 40.2 Å². The Balaban J connectivity index is 2.06. The fourth-order valence-corrected chi connectivity index (χ4v) is 5.17. The minimum Gasteiger partial charge on any atom is -0.372 e. The quantitative estimate of drug-likeness (QED) is 0.761. The molecule has 1 N–H and O–H groups in total. The van der Waals surface area contributed by atoms with Crippen LogP contribution in [0, 0.1) is 6.92 Å². The molecular formula is C19H29N3O4S. The molecule has 1 saturated heterocycles. The zero-order valence-corrected chi connectivity index (χ0v) is 17.3. The number of nitrogens with one attached hydrogen (secondary N) is 1. The van der Waals surface area contributed by atoms with Crippen LogP contribution in [-0.2, 0) is 19.4 Å². The summed E-state index contributed by atoms with van der Waals surface area (Å²) in [5.74, 6) is -0.624. The Morgan fingerprint density at radius 3 is 2.37 bits per heavy atom. The standard InChI is InChI=1S/C19H29N3O4S/c1-5-21(6-2)16-7-8-18(14(3)11-16)20-19(24)12-22(15(4)23)17-9-10-27(25,26)13-17/h7-8,11,17H,5-6,9-10,12-13H2,1-4H3,(H,20,24). The van der Waals surface area contributed by atoms with E-state index in [-0.39, 0.29) is 29.9 Å². The van der Waals surface area contributed by atoms with Crippen LogP contribution in [0.25, 0.3) is 0 Å². The molecule has 27 heavy (non-hydrogen) atoms. The van der Waals surface area contributed by atoms with Crippen LogP contribution in [0.3, 0.4) is 0 Å². The van der Waals surface area contributed by atoms with E-state index in [0.717, 1.165) is 24.3 Å². The highest BCUT2D eigenvalue weighted by Crippen LogP contribution is 2.23. The Morgan fingerprint density at radius 2 is 1.89 bits per heavy atom. The van der Waals surface area contributed by atoms with E-state index in [9.17, 15) is 18.0 Å². The Labute approximate surface area is 161 Å². The zero-order chi connectivity index (χ0) is 20.2. The van der Waals surface area contributed by atoms with Crippen LogP contribution in [0.4, 0.5) is 11.4 Å². The molecular weight excluding hydrogens is 366 g/mol. The van der Waals surface area contributed by atoms with Gasteiger partial charge in [-0.2, -0.15) is 0 Å². The van der Waals surface area contributed by atoms with Crippen molar-refractivity contribution in [1.82, 2.24) is 4.90 Å². The third kappa shape index (κ3) is 5.45. The number of hydrogen-bond donors (Lipinski definition) is 1. The molecule has 0 bridgehead atoms. The molecule has 0 spiro atoms. The molecule has 0 aliphatic carbocycles. The van der Waals surface area contributed by atoms with Gasteiger partial charge in [-0.15, -0.1) is 0 Å². The third-order valence-electron chi connectivity index (χ3n) is 4.98. The highest BCUT2D eigenvalue weighted by Gasteiger charge is 2.34. The van der Waals surface area contributed by atoms with E-state index in [4.69, 9.17) is 0 Å². The van der Waals surface area contributed by atoms with Gasteiger partial charge in [-0.3, -0.25) is 9.59 Å². The maximum absolute atomic E-state index is 12.5. The summed E-state index contributed by atoms with van der Waals surface area (Å²) in [6, 6.07) is 5.42. The minimum absolute atomic E-state index is 0.0645. The van der Waals surface area contributed by atoms with E-state index >= 15 is 0 Å². The fourth-order valence-electron chi connectivity index (χ4n) is 3.44. The number of carbonyl (C=O) groups excluding carboxylic acids is 2. The molecule has 150 valence electrons. The van der Waals surface area contributed by atoms with Crippen molar-refractivity contribution in [1.29, 1.82) is 0 Å². The lowest BCUT2D eigenvalue weighted by Gasteiger charge is -2.26. The largest absolute Gasteiger partial charge is 0.372 e. The van der Waals surface area contributed by atoms with Crippen LogP contribution in [0.15, 0.2) is 18.2 Å². The molecule has 1 aromatic rings. The minimum atomic E-state index is -3.12. The summed E-state index contributed by atoms with van der Waals surface area (Å²) in [4.78, 5) is 28.0. The van der Waals surface area contributed by atoms with Crippen LogP contribution in [-0.4, -0.2) is 62.3 Å². The Bertz CT molecular complexity index is 803. The van der Waals surface area contributed by atoms with Gasteiger partial charge in [0, 0.05) is 37.4 Å². The van der Waals surface area contributed by atoms with Gasteiger partial charge in [0.2, 0.25) is 11.8 Å².